The number of nitrogens with one attached hydrogen (secondary N) is 1. The molecule has 1 heterocycles. The molecule has 0 spiro atoms. The normalized spacial score (nSPS) is 10.9. The molecule has 0 aliphatic rings. The van der Waals surface area contributed by atoms with Crippen molar-refractivity contribution in [2.75, 3.05) is 0 Å². The molecule has 100 valence electrons. The molecule has 4 heteroatoms. The summed E-state index contributed by atoms with van der Waals surface area (Å²) < 4.78 is 0. The summed E-state index contributed by atoms with van der Waals surface area (Å²) in [5.41, 5.74) is 11.0. The smallest absolute Gasteiger partial charge is 0.106 e. The molecule has 0 aliphatic carbocycles. The van der Waals surface area contributed by atoms with E-state index in [2.05, 4.69) is 24.0 Å². The molecular formula is C16H13ClN2S. The Balaban J connectivity index is 2.32. The molecule has 2 nitrogen and oxygen atoms in total. The number of benzene rings is 2. The van der Waals surface area contributed by atoms with Gasteiger partial charge in [0.1, 0.15) is 4.99 Å². The monoisotopic (exact) mass is 300 g/mol. The molecule has 3 N–H and O–H groups in total. The first-order chi connectivity index (χ1) is 9.56. The van der Waals surface area contributed by atoms with Crippen LogP contribution in [0.15, 0.2) is 42.5 Å². The van der Waals surface area contributed by atoms with Gasteiger partial charge in [0.25, 0.3) is 0 Å². The minimum absolute atomic E-state index is 0.395. The summed E-state index contributed by atoms with van der Waals surface area (Å²) >= 11 is 11.2. The molecule has 0 bridgehead atoms. The molecular weight excluding hydrogens is 288 g/mol. The van der Waals surface area contributed by atoms with Crippen LogP contribution in [0.3, 0.4) is 0 Å². The maximum absolute atomic E-state index is 5.94. The summed E-state index contributed by atoms with van der Waals surface area (Å²) in [5, 5.41) is 1.76. The van der Waals surface area contributed by atoms with Crippen molar-refractivity contribution < 1.29 is 0 Å². The molecule has 0 aliphatic heterocycles. The zero-order valence-electron chi connectivity index (χ0n) is 10.9. The highest BCUT2D eigenvalue weighted by Crippen LogP contribution is 2.31. The molecule has 0 amide bonds. The minimum atomic E-state index is 0.395. The molecule has 20 heavy (non-hydrogen) atoms. The van der Waals surface area contributed by atoms with Crippen molar-refractivity contribution in [1.29, 1.82) is 0 Å². The van der Waals surface area contributed by atoms with Gasteiger partial charge in [-0.05, 0) is 36.8 Å². The van der Waals surface area contributed by atoms with E-state index in [1.165, 1.54) is 5.56 Å². The van der Waals surface area contributed by atoms with E-state index in [-0.39, 0.29) is 0 Å². The van der Waals surface area contributed by atoms with Crippen molar-refractivity contribution in [3.63, 3.8) is 0 Å². The van der Waals surface area contributed by atoms with Crippen LogP contribution in [-0.4, -0.2) is 9.97 Å². The zero-order valence-corrected chi connectivity index (χ0v) is 12.5. The van der Waals surface area contributed by atoms with Crippen LogP contribution in [0.25, 0.3) is 22.2 Å². The van der Waals surface area contributed by atoms with Gasteiger partial charge in [-0.3, -0.25) is 0 Å². The molecule has 1 aromatic heterocycles. The number of halogens is 1. The Kier molecular flexibility index (Phi) is 3.24. The summed E-state index contributed by atoms with van der Waals surface area (Å²) in [5.74, 6) is 0. The zero-order chi connectivity index (χ0) is 14.3. The number of nitrogens with two attached hydrogens (primary N) is 1. The second kappa shape index (κ2) is 4.93. The molecule has 0 saturated heterocycles. The Bertz CT molecular complexity index is 803. The molecule has 0 atom stereocenters. The van der Waals surface area contributed by atoms with Gasteiger partial charge in [-0.15, -0.1) is 0 Å². The van der Waals surface area contributed by atoms with Crippen molar-refractivity contribution >= 4 is 39.7 Å². The van der Waals surface area contributed by atoms with E-state index in [1.807, 2.05) is 30.3 Å². The molecule has 0 fully saturated rings. The lowest BCUT2D eigenvalue weighted by Crippen LogP contribution is -2.10. The predicted molar refractivity (Wildman–Crippen MR) is 89.4 cm³/mol. The average Bonchev–Trinajstić information content (AvgIpc) is 2.78. The van der Waals surface area contributed by atoms with E-state index in [0.29, 0.717) is 10.0 Å². The number of aryl methyl sites for hydroxylation is 1. The molecule has 0 radical (unpaired) electrons. The number of hydrogen-bond donors (Lipinski definition) is 2. The quantitative estimate of drug-likeness (QED) is 0.687. The van der Waals surface area contributed by atoms with E-state index in [9.17, 15) is 0 Å². The van der Waals surface area contributed by atoms with Crippen LogP contribution in [0.2, 0.25) is 5.02 Å². The topological polar surface area (TPSA) is 41.8 Å². The van der Waals surface area contributed by atoms with Crippen LogP contribution in [0, 0.1) is 6.92 Å². The third-order valence-corrected chi connectivity index (χ3v) is 3.79. The SMILES string of the molecule is Cc1ccc2[nH]c(-c3ccc(Cl)cc3)c(C(N)=S)c2c1. The van der Waals surface area contributed by atoms with E-state index >= 15 is 0 Å². The second-order valence-corrected chi connectivity index (χ2v) is 5.67. The lowest BCUT2D eigenvalue weighted by molar-refractivity contribution is 1.44. The first-order valence-electron chi connectivity index (χ1n) is 6.24. The summed E-state index contributed by atoms with van der Waals surface area (Å²) in [6, 6.07) is 13.8. The number of aromatic amines is 1. The van der Waals surface area contributed by atoms with Gasteiger partial charge in [0.05, 0.1) is 5.69 Å². The summed E-state index contributed by atoms with van der Waals surface area (Å²) in [6.45, 7) is 2.05. The Labute approximate surface area is 127 Å². The second-order valence-electron chi connectivity index (χ2n) is 4.80. The van der Waals surface area contributed by atoms with Gasteiger partial charge in [-0.25, -0.2) is 0 Å². The lowest BCUT2D eigenvalue weighted by Gasteiger charge is -2.03. The van der Waals surface area contributed by atoms with Crippen molar-refractivity contribution in [2.45, 2.75) is 6.92 Å². The van der Waals surface area contributed by atoms with Crippen LogP contribution in [0.5, 0.6) is 0 Å². The lowest BCUT2D eigenvalue weighted by atomic mass is 10.0. The first-order valence-corrected chi connectivity index (χ1v) is 7.03. The molecule has 0 saturated carbocycles. The molecule has 0 unspecified atom stereocenters. The maximum Gasteiger partial charge on any atom is 0.106 e. The van der Waals surface area contributed by atoms with Crippen LogP contribution in [-0.2, 0) is 0 Å². The van der Waals surface area contributed by atoms with Crippen LogP contribution < -0.4 is 5.73 Å². The summed E-state index contributed by atoms with van der Waals surface area (Å²) in [4.78, 5) is 3.79. The fourth-order valence-corrected chi connectivity index (χ4v) is 2.73. The van der Waals surface area contributed by atoms with Crippen molar-refractivity contribution in [1.82, 2.24) is 4.98 Å². The number of H-pyrrole nitrogens is 1. The fourth-order valence-electron chi connectivity index (χ4n) is 2.39. The Morgan fingerprint density at radius 3 is 2.50 bits per heavy atom. The van der Waals surface area contributed by atoms with Crippen LogP contribution in [0.1, 0.15) is 11.1 Å². The first kappa shape index (κ1) is 13.2. The fraction of sp³-hybridized carbons (Fsp3) is 0.0625. The summed E-state index contributed by atoms with van der Waals surface area (Å²) in [6.07, 6.45) is 0. The van der Waals surface area contributed by atoms with E-state index in [4.69, 9.17) is 29.6 Å². The molecule has 3 rings (SSSR count). The number of hydrogen-bond acceptors (Lipinski definition) is 1. The Morgan fingerprint density at radius 2 is 1.85 bits per heavy atom. The highest BCUT2D eigenvalue weighted by atomic mass is 35.5. The van der Waals surface area contributed by atoms with E-state index < -0.39 is 0 Å². The van der Waals surface area contributed by atoms with Gasteiger partial charge in [0.2, 0.25) is 0 Å². The average molecular weight is 301 g/mol. The largest absolute Gasteiger partial charge is 0.389 e. The van der Waals surface area contributed by atoms with Gasteiger partial charge in [-0.2, -0.15) is 0 Å². The standard InChI is InChI=1S/C16H13ClN2S/c1-9-2-7-13-12(8-9)14(16(18)20)15(19-13)10-3-5-11(17)6-4-10/h2-8,19H,1H3,(H2,18,20). The Hall–Kier alpha value is -1.84. The van der Waals surface area contributed by atoms with Crippen LogP contribution >= 0.6 is 23.8 Å². The van der Waals surface area contributed by atoms with Gasteiger partial charge in [-0.1, -0.05) is 47.6 Å². The van der Waals surface area contributed by atoms with Gasteiger partial charge in [0, 0.05) is 21.5 Å². The molecule has 3 aromatic rings. The number of fused-ring (bicyclic) bond motifs is 1. The van der Waals surface area contributed by atoms with E-state index in [1.54, 1.807) is 0 Å². The third-order valence-electron chi connectivity index (χ3n) is 3.33. The van der Waals surface area contributed by atoms with Gasteiger partial charge < -0.3 is 10.7 Å². The van der Waals surface area contributed by atoms with Crippen LogP contribution in [0.4, 0.5) is 0 Å². The van der Waals surface area contributed by atoms with E-state index in [0.717, 1.165) is 27.7 Å². The van der Waals surface area contributed by atoms with Gasteiger partial charge >= 0.3 is 0 Å². The number of thiocarbonyl (C=S) groups is 1. The summed E-state index contributed by atoms with van der Waals surface area (Å²) in [7, 11) is 0. The van der Waals surface area contributed by atoms with Crippen molar-refractivity contribution in [3.8, 4) is 11.3 Å². The maximum atomic E-state index is 5.94. The Morgan fingerprint density at radius 1 is 1.15 bits per heavy atom. The molecule has 2 aromatic carbocycles. The van der Waals surface area contributed by atoms with Crippen molar-refractivity contribution in [3.05, 3.63) is 58.6 Å². The van der Waals surface area contributed by atoms with Gasteiger partial charge in [0.15, 0.2) is 0 Å². The number of aromatic nitrogens is 1. The highest BCUT2D eigenvalue weighted by Gasteiger charge is 2.15. The minimum Gasteiger partial charge on any atom is -0.389 e. The third kappa shape index (κ3) is 2.19. The predicted octanol–water partition coefficient (Wildman–Crippen LogP) is 4.43. The van der Waals surface area contributed by atoms with Crippen molar-refractivity contribution in [2.24, 2.45) is 5.73 Å². The number of rotatable bonds is 2. The highest BCUT2D eigenvalue weighted by molar-refractivity contribution is 7.80.